The molecular formula is C17H18N2OS2. The highest BCUT2D eigenvalue weighted by Gasteiger charge is 2.11. The first kappa shape index (κ1) is 15.1. The number of hydrogen-bond donors (Lipinski definition) is 2. The summed E-state index contributed by atoms with van der Waals surface area (Å²) >= 11 is 3.40. The molecule has 0 bridgehead atoms. The molecule has 2 aromatic heterocycles. The molecule has 114 valence electrons. The third-order valence-electron chi connectivity index (χ3n) is 3.47. The van der Waals surface area contributed by atoms with Crippen LogP contribution < -0.4 is 10.6 Å². The summed E-state index contributed by atoms with van der Waals surface area (Å²) in [5.74, 6) is 0. The van der Waals surface area contributed by atoms with Gasteiger partial charge in [-0.1, -0.05) is 24.3 Å². The van der Waals surface area contributed by atoms with E-state index in [1.54, 1.807) is 22.7 Å². The van der Waals surface area contributed by atoms with Crippen molar-refractivity contribution < 1.29 is 4.79 Å². The van der Waals surface area contributed by atoms with Gasteiger partial charge in [0, 0.05) is 15.6 Å². The molecule has 5 heteroatoms. The summed E-state index contributed by atoms with van der Waals surface area (Å²) in [5.41, 5.74) is 1.30. The quantitative estimate of drug-likeness (QED) is 0.715. The Morgan fingerprint density at radius 1 is 1.18 bits per heavy atom. The smallest absolute Gasteiger partial charge is 0.315 e. The predicted molar refractivity (Wildman–Crippen MR) is 94.7 cm³/mol. The largest absolute Gasteiger partial charge is 0.335 e. The fourth-order valence-corrected chi connectivity index (χ4v) is 4.05. The van der Waals surface area contributed by atoms with E-state index in [1.165, 1.54) is 15.6 Å². The molecule has 0 saturated heterocycles. The average molecular weight is 330 g/mol. The van der Waals surface area contributed by atoms with Crippen LogP contribution in [0.15, 0.2) is 47.2 Å². The molecule has 2 amide bonds. The summed E-state index contributed by atoms with van der Waals surface area (Å²) in [5, 5.41) is 11.4. The van der Waals surface area contributed by atoms with E-state index in [0.717, 1.165) is 11.3 Å². The van der Waals surface area contributed by atoms with Gasteiger partial charge in [0.25, 0.3) is 0 Å². The average Bonchev–Trinajstić information content (AvgIpc) is 3.15. The van der Waals surface area contributed by atoms with Crippen LogP contribution in [-0.4, -0.2) is 12.1 Å². The maximum atomic E-state index is 11.9. The summed E-state index contributed by atoms with van der Waals surface area (Å²) in [4.78, 5) is 13.1. The fourth-order valence-electron chi connectivity index (χ4n) is 2.43. The Labute approximate surface area is 138 Å². The molecule has 0 spiro atoms. The van der Waals surface area contributed by atoms with Crippen LogP contribution in [0.2, 0.25) is 0 Å². The van der Waals surface area contributed by atoms with E-state index < -0.39 is 0 Å². The lowest BCUT2D eigenvalue weighted by atomic mass is 10.1. The van der Waals surface area contributed by atoms with Gasteiger partial charge in [-0.3, -0.25) is 0 Å². The topological polar surface area (TPSA) is 41.1 Å². The van der Waals surface area contributed by atoms with E-state index in [9.17, 15) is 4.79 Å². The molecule has 0 aliphatic heterocycles. The van der Waals surface area contributed by atoms with Crippen LogP contribution >= 0.6 is 22.7 Å². The molecule has 3 nitrogen and oxygen atoms in total. The van der Waals surface area contributed by atoms with Gasteiger partial charge in [0.1, 0.15) is 0 Å². The lowest BCUT2D eigenvalue weighted by molar-refractivity contribution is 0.237. The van der Waals surface area contributed by atoms with Crippen molar-refractivity contribution in [3.05, 3.63) is 57.6 Å². The van der Waals surface area contributed by atoms with Gasteiger partial charge in [0.2, 0.25) is 0 Å². The van der Waals surface area contributed by atoms with Crippen LogP contribution in [-0.2, 0) is 13.0 Å². The standard InChI is InChI=1S/C17H18N2OS2/c1-12(19-17(20)18-10-14-5-4-8-21-14)9-13-11-22-16-7-3-2-6-15(13)16/h2-8,11-12H,9-10H2,1H3,(H2,18,19,20). The molecule has 0 aliphatic carbocycles. The Morgan fingerprint density at radius 3 is 2.86 bits per heavy atom. The minimum Gasteiger partial charge on any atom is -0.335 e. The maximum absolute atomic E-state index is 11.9. The molecule has 0 saturated carbocycles. The zero-order valence-corrected chi connectivity index (χ0v) is 14.0. The van der Waals surface area contributed by atoms with Gasteiger partial charge in [0.05, 0.1) is 6.54 Å². The lowest BCUT2D eigenvalue weighted by Crippen LogP contribution is -2.41. The van der Waals surface area contributed by atoms with Crippen LogP contribution in [0.25, 0.3) is 10.1 Å². The molecule has 2 heterocycles. The number of carbonyl (C=O) groups is 1. The fraction of sp³-hybridized carbons (Fsp3) is 0.235. The van der Waals surface area contributed by atoms with Gasteiger partial charge in [0.15, 0.2) is 0 Å². The van der Waals surface area contributed by atoms with Crippen LogP contribution in [0.4, 0.5) is 4.79 Å². The molecule has 22 heavy (non-hydrogen) atoms. The van der Waals surface area contributed by atoms with Crippen LogP contribution in [0.5, 0.6) is 0 Å². The summed E-state index contributed by atoms with van der Waals surface area (Å²) in [7, 11) is 0. The van der Waals surface area contributed by atoms with Crippen molar-refractivity contribution in [2.75, 3.05) is 0 Å². The monoisotopic (exact) mass is 330 g/mol. The molecule has 0 aliphatic rings. The first-order chi connectivity index (χ1) is 10.7. The van der Waals surface area contributed by atoms with Crippen molar-refractivity contribution >= 4 is 38.8 Å². The highest BCUT2D eigenvalue weighted by molar-refractivity contribution is 7.17. The Balaban J connectivity index is 1.53. The summed E-state index contributed by atoms with van der Waals surface area (Å²) < 4.78 is 1.30. The van der Waals surface area contributed by atoms with Gasteiger partial charge in [-0.15, -0.1) is 22.7 Å². The van der Waals surface area contributed by atoms with E-state index in [1.807, 2.05) is 24.4 Å². The molecular weight excluding hydrogens is 312 g/mol. The minimum atomic E-state index is -0.111. The zero-order valence-electron chi connectivity index (χ0n) is 12.3. The van der Waals surface area contributed by atoms with Crippen LogP contribution in [0, 0.1) is 0 Å². The number of rotatable bonds is 5. The number of hydrogen-bond acceptors (Lipinski definition) is 3. The first-order valence-corrected chi connectivity index (χ1v) is 9.00. The van der Waals surface area contributed by atoms with Gasteiger partial charge >= 0.3 is 6.03 Å². The second-order valence-electron chi connectivity index (χ2n) is 5.27. The SMILES string of the molecule is CC(Cc1csc2ccccc12)NC(=O)NCc1cccs1. The van der Waals surface area contributed by atoms with Crippen molar-refractivity contribution in [3.8, 4) is 0 Å². The Kier molecular flexibility index (Phi) is 4.75. The number of fused-ring (bicyclic) bond motifs is 1. The van der Waals surface area contributed by atoms with Gasteiger partial charge in [-0.25, -0.2) is 4.79 Å². The van der Waals surface area contributed by atoms with Gasteiger partial charge in [-0.2, -0.15) is 0 Å². The van der Waals surface area contributed by atoms with Crippen molar-refractivity contribution in [3.63, 3.8) is 0 Å². The third kappa shape index (κ3) is 3.67. The summed E-state index contributed by atoms with van der Waals surface area (Å²) in [6.07, 6.45) is 0.844. The lowest BCUT2D eigenvalue weighted by Gasteiger charge is -2.14. The summed E-state index contributed by atoms with van der Waals surface area (Å²) in [6, 6.07) is 12.4. The van der Waals surface area contributed by atoms with Gasteiger partial charge < -0.3 is 10.6 Å². The van der Waals surface area contributed by atoms with Crippen molar-refractivity contribution in [1.29, 1.82) is 0 Å². The molecule has 1 unspecified atom stereocenters. The van der Waals surface area contributed by atoms with E-state index in [2.05, 4.69) is 40.3 Å². The maximum Gasteiger partial charge on any atom is 0.315 e. The third-order valence-corrected chi connectivity index (χ3v) is 5.36. The second-order valence-corrected chi connectivity index (χ2v) is 7.21. The normalized spacial score (nSPS) is 12.2. The number of benzene rings is 1. The number of thiophene rings is 2. The summed E-state index contributed by atoms with van der Waals surface area (Å²) in [6.45, 7) is 2.62. The van der Waals surface area contributed by atoms with E-state index >= 15 is 0 Å². The van der Waals surface area contributed by atoms with Gasteiger partial charge in [-0.05, 0) is 47.2 Å². The van der Waals surface area contributed by atoms with Crippen LogP contribution in [0.1, 0.15) is 17.4 Å². The zero-order chi connectivity index (χ0) is 15.4. The Bertz CT molecular complexity index is 749. The van der Waals surface area contributed by atoms with Crippen molar-refractivity contribution in [2.45, 2.75) is 25.9 Å². The number of carbonyl (C=O) groups excluding carboxylic acids is 1. The molecule has 2 N–H and O–H groups in total. The molecule has 0 radical (unpaired) electrons. The molecule has 1 atom stereocenters. The second kappa shape index (κ2) is 6.94. The molecule has 3 rings (SSSR count). The highest BCUT2D eigenvalue weighted by atomic mass is 32.1. The highest BCUT2D eigenvalue weighted by Crippen LogP contribution is 2.26. The molecule has 1 aromatic carbocycles. The molecule has 3 aromatic rings. The molecule has 0 fully saturated rings. The van der Waals surface area contributed by atoms with E-state index in [-0.39, 0.29) is 12.1 Å². The van der Waals surface area contributed by atoms with Crippen LogP contribution in [0.3, 0.4) is 0 Å². The minimum absolute atomic E-state index is 0.0985. The Hall–Kier alpha value is -1.85. The van der Waals surface area contributed by atoms with Crippen molar-refractivity contribution in [1.82, 2.24) is 10.6 Å². The predicted octanol–water partition coefficient (Wildman–Crippen LogP) is 4.39. The van der Waals surface area contributed by atoms with E-state index in [4.69, 9.17) is 0 Å². The van der Waals surface area contributed by atoms with E-state index in [0.29, 0.717) is 6.54 Å². The number of nitrogens with one attached hydrogen (secondary N) is 2. The Morgan fingerprint density at radius 2 is 2.05 bits per heavy atom. The number of amides is 2. The van der Waals surface area contributed by atoms with Crippen molar-refractivity contribution in [2.24, 2.45) is 0 Å². The first-order valence-electron chi connectivity index (χ1n) is 7.24. The number of urea groups is 1.